The lowest BCUT2D eigenvalue weighted by Crippen LogP contribution is -2.38. The summed E-state index contributed by atoms with van der Waals surface area (Å²) in [4.78, 5) is 23.4. The molecule has 0 fully saturated rings. The van der Waals surface area contributed by atoms with Crippen LogP contribution in [0.15, 0.2) is 24.3 Å². The van der Waals surface area contributed by atoms with Crippen molar-refractivity contribution in [2.75, 3.05) is 17.1 Å². The molecule has 1 heterocycles. The SMILES string of the molecule is COc1nc(C)nc(NC(=O)NS(=O)(=O)Nc2ccccc2C(C)O)n1. The van der Waals surface area contributed by atoms with Crippen molar-refractivity contribution in [2.24, 2.45) is 0 Å². The summed E-state index contributed by atoms with van der Waals surface area (Å²) in [6.07, 6.45) is -0.900. The molecule has 1 atom stereocenters. The quantitative estimate of drug-likeness (QED) is 0.569. The molecule has 2 aromatic rings. The Bertz CT molecular complexity index is 902. The number of hydrogen-bond acceptors (Lipinski definition) is 8. The number of nitrogens with one attached hydrogen (secondary N) is 3. The van der Waals surface area contributed by atoms with Crippen molar-refractivity contribution >= 4 is 27.9 Å². The number of aromatic nitrogens is 3. The Labute approximate surface area is 150 Å². The largest absolute Gasteiger partial charge is 0.467 e. The molecule has 0 bridgehead atoms. The number of methoxy groups -OCH3 is 1. The summed E-state index contributed by atoms with van der Waals surface area (Å²) in [5.74, 6) is 0.102. The van der Waals surface area contributed by atoms with Crippen LogP contribution >= 0.6 is 0 Å². The smallest absolute Gasteiger partial charge is 0.336 e. The van der Waals surface area contributed by atoms with Crippen molar-refractivity contribution in [1.29, 1.82) is 0 Å². The Morgan fingerprint density at radius 3 is 2.58 bits per heavy atom. The summed E-state index contributed by atoms with van der Waals surface area (Å²) < 4.78 is 33.0. The minimum Gasteiger partial charge on any atom is -0.467 e. The van der Waals surface area contributed by atoms with Crippen LogP contribution in [-0.4, -0.2) is 41.6 Å². The second-order valence-corrected chi connectivity index (χ2v) is 6.53. The minimum absolute atomic E-state index is 0.0281. The third kappa shape index (κ3) is 5.26. The first-order valence-corrected chi connectivity index (χ1v) is 8.83. The van der Waals surface area contributed by atoms with Crippen LogP contribution in [0.2, 0.25) is 0 Å². The van der Waals surface area contributed by atoms with E-state index in [0.29, 0.717) is 5.56 Å². The Morgan fingerprint density at radius 1 is 1.23 bits per heavy atom. The molecule has 140 valence electrons. The summed E-state index contributed by atoms with van der Waals surface area (Å²) >= 11 is 0. The Kier molecular flexibility index (Phi) is 5.90. The number of aliphatic hydroxyl groups excluding tert-OH is 1. The normalized spacial score (nSPS) is 12.2. The van der Waals surface area contributed by atoms with E-state index in [4.69, 9.17) is 4.74 Å². The standard InChI is InChI=1S/C14H18N6O5S/c1-8(21)10-6-4-5-7-11(10)19-26(23,24)20-13(22)17-12-15-9(2)16-14(18-12)25-3/h4-8,19,21H,1-3H3,(H2,15,16,17,18,20,22). The Hall–Kier alpha value is -2.99. The van der Waals surface area contributed by atoms with Crippen LogP contribution in [0.3, 0.4) is 0 Å². The number of aryl methyl sites for hydroxylation is 1. The van der Waals surface area contributed by atoms with Crippen LogP contribution in [0.25, 0.3) is 0 Å². The molecule has 11 nitrogen and oxygen atoms in total. The van der Waals surface area contributed by atoms with Crippen molar-refractivity contribution in [3.63, 3.8) is 0 Å². The van der Waals surface area contributed by atoms with Crippen LogP contribution in [0.4, 0.5) is 16.4 Å². The second-order valence-electron chi connectivity index (χ2n) is 5.12. The van der Waals surface area contributed by atoms with Gasteiger partial charge >= 0.3 is 22.3 Å². The number of hydrogen-bond donors (Lipinski definition) is 4. The van der Waals surface area contributed by atoms with E-state index < -0.39 is 22.3 Å². The van der Waals surface area contributed by atoms with Gasteiger partial charge in [0.05, 0.1) is 18.9 Å². The van der Waals surface area contributed by atoms with Gasteiger partial charge in [-0.2, -0.15) is 23.4 Å². The Morgan fingerprint density at radius 2 is 1.92 bits per heavy atom. The van der Waals surface area contributed by atoms with E-state index in [1.807, 2.05) is 0 Å². The molecule has 0 aliphatic carbocycles. The lowest BCUT2D eigenvalue weighted by molar-refractivity contribution is 0.200. The summed E-state index contributed by atoms with van der Waals surface area (Å²) in [7, 11) is -2.92. The number of para-hydroxylation sites is 1. The fourth-order valence-electron chi connectivity index (χ4n) is 1.98. The number of nitrogens with zero attached hydrogens (tertiary/aromatic N) is 3. The highest BCUT2D eigenvalue weighted by atomic mass is 32.2. The third-order valence-corrected chi connectivity index (χ3v) is 3.96. The molecular formula is C14H18N6O5S. The number of anilines is 2. The summed E-state index contributed by atoms with van der Waals surface area (Å²) in [5, 5.41) is 11.9. The van der Waals surface area contributed by atoms with Crippen molar-refractivity contribution in [1.82, 2.24) is 19.7 Å². The lowest BCUT2D eigenvalue weighted by atomic mass is 10.1. The van der Waals surface area contributed by atoms with Gasteiger partial charge in [-0.05, 0) is 19.9 Å². The maximum absolute atomic E-state index is 12.1. The molecule has 2 amide bonds. The van der Waals surface area contributed by atoms with Gasteiger partial charge in [0.2, 0.25) is 5.95 Å². The highest BCUT2D eigenvalue weighted by molar-refractivity contribution is 7.91. The van der Waals surface area contributed by atoms with Gasteiger partial charge in [-0.15, -0.1) is 0 Å². The fraction of sp³-hybridized carbons (Fsp3) is 0.286. The predicted octanol–water partition coefficient (Wildman–Crippen LogP) is 0.720. The van der Waals surface area contributed by atoms with E-state index in [0.717, 1.165) is 0 Å². The molecule has 0 radical (unpaired) electrons. The molecule has 0 saturated heterocycles. The number of urea groups is 1. The van der Waals surface area contributed by atoms with Crippen molar-refractivity contribution in [3.8, 4) is 6.01 Å². The van der Waals surface area contributed by atoms with Gasteiger partial charge in [-0.25, -0.2) is 9.52 Å². The highest BCUT2D eigenvalue weighted by Crippen LogP contribution is 2.22. The lowest BCUT2D eigenvalue weighted by Gasteiger charge is -2.14. The predicted molar refractivity (Wildman–Crippen MR) is 92.9 cm³/mol. The van der Waals surface area contributed by atoms with E-state index in [1.165, 1.54) is 20.1 Å². The summed E-state index contributed by atoms with van der Waals surface area (Å²) in [5.41, 5.74) is 0.497. The van der Waals surface area contributed by atoms with Gasteiger partial charge in [0.15, 0.2) is 0 Å². The van der Waals surface area contributed by atoms with Crippen LogP contribution in [0.1, 0.15) is 24.4 Å². The summed E-state index contributed by atoms with van der Waals surface area (Å²) in [6, 6.07) is 5.14. The number of benzene rings is 1. The number of ether oxygens (including phenoxy) is 1. The first kappa shape index (κ1) is 19.3. The molecule has 12 heteroatoms. The highest BCUT2D eigenvalue weighted by Gasteiger charge is 2.18. The van der Waals surface area contributed by atoms with Crippen LogP contribution in [-0.2, 0) is 10.2 Å². The van der Waals surface area contributed by atoms with Gasteiger partial charge in [0, 0.05) is 5.56 Å². The average molecular weight is 382 g/mol. The number of carbonyl (C=O) groups is 1. The third-order valence-electron chi connectivity index (χ3n) is 3.02. The number of carbonyl (C=O) groups excluding carboxylic acids is 1. The molecule has 0 spiro atoms. The fourth-order valence-corrected chi connectivity index (χ4v) is 2.80. The van der Waals surface area contributed by atoms with Crippen LogP contribution < -0.4 is 19.5 Å². The zero-order valence-electron chi connectivity index (χ0n) is 14.2. The molecule has 1 unspecified atom stereocenters. The zero-order valence-corrected chi connectivity index (χ0v) is 15.0. The van der Waals surface area contributed by atoms with E-state index in [2.05, 4.69) is 25.0 Å². The number of aliphatic hydroxyl groups is 1. The maximum atomic E-state index is 12.1. The van der Waals surface area contributed by atoms with Crippen LogP contribution in [0, 0.1) is 6.92 Å². The number of rotatable bonds is 6. The first-order valence-electron chi connectivity index (χ1n) is 7.35. The van der Waals surface area contributed by atoms with Crippen molar-refractivity contribution in [3.05, 3.63) is 35.7 Å². The van der Waals surface area contributed by atoms with Gasteiger partial charge in [0.25, 0.3) is 0 Å². The molecule has 0 aliphatic rings. The van der Waals surface area contributed by atoms with Crippen molar-refractivity contribution in [2.45, 2.75) is 20.0 Å². The molecule has 2 rings (SSSR count). The molecule has 0 aliphatic heterocycles. The van der Waals surface area contributed by atoms with E-state index in [9.17, 15) is 18.3 Å². The van der Waals surface area contributed by atoms with Crippen LogP contribution in [0.5, 0.6) is 6.01 Å². The van der Waals surface area contributed by atoms with Gasteiger partial charge in [-0.1, -0.05) is 18.2 Å². The number of amides is 2. The molecule has 0 saturated carbocycles. The molecule has 1 aromatic heterocycles. The monoisotopic (exact) mass is 382 g/mol. The van der Waals surface area contributed by atoms with Gasteiger partial charge in [-0.3, -0.25) is 10.0 Å². The summed E-state index contributed by atoms with van der Waals surface area (Å²) in [6.45, 7) is 3.04. The van der Waals surface area contributed by atoms with Gasteiger partial charge in [0.1, 0.15) is 5.82 Å². The minimum atomic E-state index is -4.26. The van der Waals surface area contributed by atoms with Gasteiger partial charge < -0.3 is 9.84 Å². The zero-order chi connectivity index (χ0) is 19.3. The van der Waals surface area contributed by atoms with E-state index >= 15 is 0 Å². The molecule has 1 aromatic carbocycles. The topological polar surface area (TPSA) is 155 Å². The maximum Gasteiger partial charge on any atom is 0.336 e. The molecular weight excluding hydrogens is 364 g/mol. The average Bonchev–Trinajstić information content (AvgIpc) is 2.53. The van der Waals surface area contributed by atoms with Crippen molar-refractivity contribution < 1.29 is 23.1 Å². The Balaban J connectivity index is 2.10. The van der Waals surface area contributed by atoms with E-state index in [-0.39, 0.29) is 23.5 Å². The van der Waals surface area contributed by atoms with E-state index in [1.54, 1.807) is 29.8 Å². The molecule has 26 heavy (non-hydrogen) atoms. The first-order chi connectivity index (χ1) is 12.2. The molecule has 4 N–H and O–H groups in total. The second kappa shape index (κ2) is 7.93.